The molecule has 4 aromatic heterocycles. The van der Waals surface area contributed by atoms with Gasteiger partial charge < -0.3 is 0 Å². The van der Waals surface area contributed by atoms with Crippen LogP contribution in [-0.2, 0) is 0 Å². The molecule has 1 aliphatic rings. The van der Waals surface area contributed by atoms with E-state index in [1.165, 1.54) is 16.3 Å². The van der Waals surface area contributed by atoms with Gasteiger partial charge >= 0.3 is 0 Å². The van der Waals surface area contributed by atoms with Crippen molar-refractivity contribution in [3.05, 3.63) is 176 Å². The van der Waals surface area contributed by atoms with E-state index in [1.807, 2.05) is 84.9 Å². The Labute approximate surface area is 283 Å². The zero-order valence-electron chi connectivity index (χ0n) is 26.3. The smallest absolute Gasteiger partial charge is 0.110 e. The highest BCUT2D eigenvalue weighted by molar-refractivity contribution is 6.62. The monoisotopic (exact) mass is 631 g/mol. The average Bonchev–Trinajstić information content (AvgIpc) is 3.18. The second-order valence-electron chi connectivity index (χ2n) is 11.5. The lowest BCUT2D eigenvalue weighted by atomic mass is 9.91. The van der Waals surface area contributed by atoms with Crippen molar-refractivity contribution in [3.63, 3.8) is 0 Å². The molecule has 0 radical (unpaired) electrons. The van der Waals surface area contributed by atoms with Gasteiger partial charge in [-0.05, 0) is 94.7 Å². The number of nitrogens with zero attached hydrogens (tertiary/aromatic N) is 5. The van der Waals surface area contributed by atoms with E-state index >= 15 is 0 Å². The second kappa shape index (κ2) is 13.1. The fourth-order valence-corrected chi connectivity index (χ4v) is 5.92. The molecule has 0 saturated carbocycles. The number of hydrogen-bond donors (Lipinski definition) is 2. The number of hydrogen-bond acceptors (Lipinski definition) is 7. The zero-order chi connectivity index (χ0) is 33.0. The van der Waals surface area contributed by atoms with Crippen LogP contribution < -0.4 is 5.43 Å². The molecule has 1 aliphatic carbocycles. The summed E-state index contributed by atoms with van der Waals surface area (Å²) in [6, 6.07) is 42.4. The zero-order valence-corrected chi connectivity index (χ0v) is 26.3. The van der Waals surface area contributed by atoms with Crippen LogP contribution in [0.15, 0.2) is 169 Å². The maximum Gasteiger partial charge on any atom is 0.110 e. The average molecular weight is 632 g/mol. The molecule has 4 heterocycles. The number of aromatic nitrogens is 4. The van der Waals surface area contributed by atoms with Gasteiger partial charge in [0, 0.05) is 47.1 Å². The highest BCUT2D eigenvalue weighted by Gasteiger charge is 2.22. The molecule has 0 amide bonds. The van der Waals surface area contributed by atoms with Gasteiger partial charge in [0.1, 0.15) is 5.71 Å². The standard InChI is InChI=1S/C42H29N7/c43-42-36(40-17-5-15-38(47-40)31-11-7-23-45-27-31)24-32(39-16-4-14-37(46-39)30-10-6-22-44-26-30)25-41(42)49-48-33-20-18-29(19-21-33)35-13-3-9-28-8-1-2-12-34(28)35/h1-27,43,48H/b43-42?,49-41-. The lowest BCUT2D eigenvalue weighted by Crippen LogP contribution is -2.19. The SMILES string of the molecule is N=C1C(c2cccc(-c3cccnc3)n2)=CC(c2cccc(-c3cccnc3)n2)=C/C1=N/Nc1ccc(-c2cccc3ccccc23)cc1. The predicted molar refractivity (Wildman–Crippen MR) is 199 cm³/mol. The number of fused-ring (bicyclic) bond motifs is 1. The number of anilines is 1. The Kier molecular flexibility index (Phi) is 7.89. The third kappa shape index (κ3) is 6.16. The van der Waals surface area contributed by atoms with E-state index in [4.69, 9.17) is 15.1 Å². The number of nitrogens with one attached hydrogen (secondary N) is 2. The molecule has 7 aromatic rings. The summed E-state index contributed by atoms with van der Waals surface area (Å²) in [4.78, 5) is 18.4. The van der Waals surface area contributed by atoms with E-state index in [-0.39, 0.29) is 5.71 Å². The molecule has 0 aliphatic heterocycles. The Bertz CT molecular complexity index is 2410. The minimum Gasteiger partial charge on any atom is -0.298 e. The lowest BCUT2D eigenvalue weighted by molar-refractivity contribution is 1.25. The topological polar surface area (TPSA) is 99.8 Å². The van der Waals surface area contributed by atoms with E-state index < -0.39 is 0 Å². The Morgan fingerprint density at radius 2 is 1.16 bits per heavy atom. The Balaban J connectivity index is 1.15. The molecule has 49 heavy (non-hydrogen) atoms. The largest absolute Gasteiger partial charge is 0.298 e. The van der Waals surface area contributed by atoms with Crippen molar-refractivity contribution in [1.29, 1.82) is 5.41 Å². The summed E-state index contributed by atoms with van der Waals surface area (Å²) in [6.07, 6.45) is 10.9. The molecular formula is C42H29N7. The number of rotatable bonds is 7. The van der Waals surface area contributed by atoms with E-state index in [9.17, 15) is 5.41 Å². The lowest BCUT2D eigenvalue weighted by Gasteiger charge is -2.18. The molecule has 7 nitrogen and oxygen atoms in total. The first kappa shape index (κ1) is 29.5. The summed E-state index contributed by atoms with van der Waals surface area (Å²) in [7, 11) is 0. The Morgan fingerprint density at radius 1 is 0.531 bits per heavy atom. The number of benzene rings is 3. The van der Waals surface area contributed by atoms with Crippen LogP contribution in [0, 0.1) is 5.41 Å². The highest BCUT2D eigenvalue weighted by Crippen LogP contribution is 2.31. The van der Waals surface area contributed by atoms with Crippen molar-refractivity contribution in [2.45, 2.75) is 0 Å². The Morgan fingerprint density at radius 3 is 1.88 bits per heavy atom. The summed E-state index contributed by atoms with van der Waals surface area (Å²) < 4.78 is 0. The van der Waals surface area contributed by atoms with Gasteiger partial charge in [0.05, 0.1) is 34.2 Å². The third-order valence-electron chi connectivity index (χ3n) is 8.39. The number of allylic oxidation sites excluding steroid dienone is 4. The van der Waals surface area contributed by atoms with Crippen LogP contribution >= 0.6 is 0 Å². The third-order valence-corrected chi connectivity index (χ3v) is 8.39. The minimum absolute atomic E-state index is 0.253. The second-order valence-corrected chi connectivity index (χ2v) is 11.5. The van der Waals surface area contributed by atoms with Crippen LogP contribution in [0.2, 0.25) is 0 Å². The normalized spacial score (nSPS) is 13.6. The first-order valence-corrected chi connectivity index (χ1v) is 15.9. The highest BCUT2D eigenvalue weighted by atomic mass is 15.3. The minimum atomic E-state index is 0.253. The molecule has 0 bridgehead atoms. The van der Waals surface area contributed by atoms with Crippen molar-refractivity contribution < 1.29 is 0 Å². The van der Waals surface area contributed by atoms with Gasteiger partial charge in [-0.25, -0.2) is 9.97 Å². The van der Waals surface area contributed by atoms with Gasteiger partial charge in [0.25, 0.3) is 0 Å². The summed E-state index contributed by atoms with van der Waals surface area (Å²) in [5.74, 6) is 0. The fraction of sp³-hybridized carbons (Fsp3) is 0. The van der Waals surface area contributed by atoms with Crippen molar-refractivity contribution in [2.24, 2.45) is 5.10 Å². The molecule has 2 N–H and O–H groups in total. The molecule has 0 saturated heterocycles. The summed E-state index contributed by atoms with van der Waals surface area (Å²) in [5, 5.41) is 16.4. The van der Waals surface area contributed by atoms with Gasteiger partial charge in [-0.15, -0.1) is 0 Å². The van der Waals surface area contributed by atoms with Crippen LogP contribution in [0.4, 0.5) is 5.69 Å². The maximum absolute atomic E-state index is 9.27. The molecule has 7 heteroatoms. The van der Waals surface area contributed by atoms with Crippen molar-refractivity contribution >= 4 is 39.0 Å². The molecule has 0 atom stereocenters. The molecule has 232 valence electrons. The number of pyridine rings is 4. The van der Waals surface area contributed by atoms with Crippen LogP contribution in [0.1, 0.15) is 11.4 Å². The van der Waals surface area contributed by atoms with Gasteiger partial charge in [-0.2, -0.15) is 5.10 Å². The predicted octanol–water partition coefficient (Wildman–Crippen LogP) is 9.39. The molecular weight excluding hydrogens is 603 g/mol. The van der Waals surface area contributed by atoms with Gasteiger partial charge in [-0.1, -0.05) is 66.7 Å². The van der Waals surface area contributed by atoms with Crippen LogP contribution in [0.3, 0.4) is 0 Å². The van der Waals surface area contributed by atoms with Crippen LogP contribution in [-0.4, -0.2) is 31.4 Å². The van der Waals surface area contributed by atoms with Crippen LogP contribution in [0.25, 0.3) is 55.6 Å². The van der Waals surface area contributed by atoms with Gasteiger partial charge in [0.2, 0.25) is 0 Å². The first-order valence-electron chi connectivity index (χ1n) is 15.9. The van der Waals surface area contributed by atoms with Gasteiger partial charge in [-0.3, -0.25) is 20.8 Å². The Hall–Kier alpha value is -6.86. The molecule has 0 unspecified atom stereocenters. The number of hydrazone groups is 1. The summed E-state index contributed by atoms with van der Waals surface area (Å²) >= 11 is 0. The van der Waals surface area contributed by atoms with E-state index in [1.54, 1.807) is 24.8 Å². The van der Waals surface area contributed by atoms with Gasteiger partial charge in [0.15, 0.2) is 0 Å². The van der Waals surface area contributed by atoms with Crippen molar-refractivity contribution in [1.82, 2.24) is 19.9 Å². The first-order chi connectivity index (χ1) is 24.2. The molecule has 3 aromatic carbocycles. The van der Waals surface area contributed by atoms with E-state index in [0.29, 0.717) is 17.0 Å². The quantitative estimate of drug-likeness (QED) is 0.135. The summed E-state index contributed by atoms with van der Waals surface area (Å²) in [6.45, 7) is 0. The molecule has 8 rings (SSSR count). The van der Waals surface area contributed by atoms with E-state index in [0.717, 1.165) is 45.0 Å². The summed E-state index contributed by atoms with van der Waals surface area (Å²) in [5.41, 5.74) is 13.3. The van der Waals surface area contributed by atoms with Crippen molar-refractivity contribution in [2.75, 3.05) is 5.43 Å². The maximum atomic E-state index is 9.27. The molecule has 0 fully saturated rings. The van der Waals surface area contributed by atoms with Crippen molar-refractivity contribution in [3.8, 4) is 33.6 Å². The fourth-order valence-electron chi connectivity index (χ4n) is 5.92. The van der Waals surface area contributed by atoms with E-state index in [2.05, 4.69) is 70.0 Å². The van der Waals surface area contributed by atoms with Crippen LogP contribution in [0.5, 0.6) is 0 Å². The molecule has 0 spiro atoms.